The van der Waals surface area contributed by atoms with Crippen LogP contribution in [-0.2, 0) is 4.74 Å². The second-order valence-electron chi connectivity index (χ2n) is 4.75. The zero-order valence-electron chi connectivity index (χ0n) is 12.3. The van der Waals surface area contributed by atoms with Gasteiger partial charge in [-0.2, -0.15) is 0 Å². The van der Waals surface area contributed by atoms with Gasteiger partial charge in [0, 0.05) is 18.4 Å². The maximum Gasteiger partial charge on any atom is 0.407 e. The number of nitrogens with one attached hydrogen (secondary N) is 1. The summed E-state index contributed by atoms with van der Waals surface area (Å²) in [6.07, 6.45) is -0.645. The molecule has 2 aromatic rings. The van der Waals surface area contributed by atoms with Crippen LogP contribution in [0.25, 0.3) is 0 Å². The van der Waals surface area contributed by atoms with E-state index in [2.05, 4.69) is 10.2 Å². The van der Waals surface area contributed by atoms with Crippen molar-refractivity contribution in [3.63, 3.8) is 0 Å². The van der Waals surface area contributed by atoms with Crippen LogP contribution in [0, 0.1) is 0 Å². The summed E-state index contributed by atoms with van der Waals surface area (Å²) in [7, 11) is 1.56. The molecule has 0 fully saturated rings. The largest absolute Gasteiger partial charge is 0.445 e. The first-order valence-electron chi connectivity index (χ1n) is 6.96. The third-order valence-corrected chi connectivity index (χ3v) is 3.09. The van der Waals surface area contributed by atoms with E-state index in [4.69, 9.17) is 4.74 Å². The van der Waals surface area contributed by atoms with Gasteiger partial charge >= 0.3 is 6.09 Å². The first-order chi connectivity index (χ1) is 10.2. The molecule has 0 heterocycles. The molecule has 2 aromatic carbocycles. The average Bonchev–Trinajstić information content (AvgIpc) is 2.54. The maximum absolute atomic E-state index is 11.3. The summed E-state index contributed by atoms with van der Waals surface area (Å²) in [5.74, 6) is 0. The molecule has 0 radical (unpaired) electrons. The second kappa shape index (κ2) is 7.33. The monoisotopic (exact) mass is 284 g/mol. The normalized spacial score (nSPS) is 11.5. The standard InChI is InChI=1S/C17H20N2O2/c1-14(21-17(20)18-2)13-19(15-9-5-3-6-10-15)16-11-7-4-8-12-16/h3-12,14H,13H2,1-2H3,(H,18,20)/t14-/m1/s1. The van der Waals surface area contributed by atoms with E-state index in [1.54, 1.807) is 7.05 Å². The van der Waals surface area contributed by atoms with Crippen LogP contribution in [0.2, 0.25) is 0 Å². The molecule has 0 saturated heterocycles. The van der Waals surface area contributed by atoms with Crippen molar-refractivity contribution < 1.29 is 9.53 Å². The number of ether oxygens (including phenoxy) is 1. The molecule has 1 amide bonds. The molecule has 0 aliphatic rings. The number of carbonyl (C=O) groups excluding carboxylic acids is 1. The van der Waals surface area contributed by atoms with Crippen molar-refractivity contribution in [2.45, 2.75) is 13.0 Å². The minimum atomic E-state index is -0.413. The Morgan fingerprint density at radius 1 is 1.05 bits per heavy atom. The molecular formula is C17H20N2O2. The predicted molar refractivity (Wildman–Crippen MR) is 84.9 cm³/mol. The summed E-state index contributed by atoms with van der Waals surface area (Å²) in [5.41, 5.74) is 2.13. The van der Waals surface area contributed by atoms with Gasteiger partial charge in [-0.3, -0.25) is 0 Å². The van der Waals surface area contributed by atoms with Gasteiger partial charge < -0.3 is 15.0 Å². The minimum absolute atomic E-state index is 0.231. The molecule has 4 heteroatoms. The minimum Gasteiger partial charge on any atom is -0.445 e. The van der Waals surface area contributed by atoms with Crippen molar-refractivity contribution in [1.82, 2.24) is 5.32 Å². The van der Waals surface area contributed by atoms with Gasteiger partial charge in [0.05, 0.1) is 6.54 Å². The van der Waals surface area contributed by atoms with Crippen LogP contribution < -0.4 is 10.2 Å². The molecule has 0 aromatic heterocycles. The molecule has 0 bridgehead atoms. The van der Waals surface area contributed by atoms with Gasteiger partial charge in [-0.25, -0.2) is 4.79 Å². The van der Waals surface area contributed by atoms with E-state index in [0.29, 0.717) is 6.54 Å². The lowest BCUT2D eigenvalue weighted by Gasteiger charge is -2.27. The molecule has 0 aliphatic carbocycles. The summed E-state index contributed by atoms with van der Waals surface area (Å²) >= 11 is 0. The summed E-state index contributed by atoms with van der Waals surface area (Å²) in [5, 5.41) is 2.47. The molecule has 0 saturated carbocycles. The van der Waals surface area contributed by atoms with Crippen LogP contribution >= 0.6 is 0 Å². The fourth-order valence-electron chi connectivity index (χ4n) is 2.11. The molecule has 1 atom stereocenters. The molecule has 110 valence electrons. The average molecular weight is 284 g/mol. The summed E-state index contributed by atoms with van der Waals surface area (Å²) in [6.45, 7) is 2.47. The van der Waals surface area contributed by atoms with Crippen LogP contribution in [0.1, 0.15) is 6.92 Å². The Kier molecular flexibility index (Phi) is 5.21. The van der Waals surface area contributed by atoms with E-state index >= 15 is 0 Å². The Morgan fingerprint density at radius 2 is 1.52 bits per heavy atom. The third kappa shape index (κ3) is 4.24. The number of carbonyl (C=O) groups is 1. The van der Waals surface area contributed by atoms with Crippen molar-refractivity contribution in [3.05, 3.63) is 60.7 Å². The fraction of sp³-hybridized carbons (Fsp3) is 0.235. The maximum atomic E-state index is 11.3. The van der Waals surface area contributed by atoms with Crippen LogP contribution in [0.4, 0.5) is 16.2 Å². The van der Waals surface area contributed by atoms with Gasteiger partial charge in [0.2, 0.25) is 0 Å². The Bertz CT molecular complexity index is 518. The Labute approximate surface area is 125 Å². The summed E-state index contributed by atoms with van der Waals surface area (Å²) < 4.78 is 5.28. The van der Waals surface area contributed by atoms with Gasteiger partial charge in [-0.05, 0) is 31.2 Å². The fourth-order valence-corrected chi connectivity index (χ4v) is 2.11. The van der Waals surface area contributed by atoms with Crippen molar-refractivity contribution in [1.29, 1.82) is 0 Å². The van der Waals surface area contributed by atoms with Gasteiger partial charge in [0.1, 0.15) is 6.10 Å². The second-order valence-corrected chi connectivity index (χ2v) is 4.75. The number of nitrogens with zero attached hydrogens (tertiary/aromatic N) is 1. The quantitative estimate of drug-likeness (QED) is 0.912. The van der Waals surface area contributed by atoms with Crippen LogP contribution in [0.15, 0.2) is 60.7 Å². The van der Waals surface area contributed by atoms with Crippen LogP contribution in [-0.4, -0.2) is 25.8 Å². The topological polar surface area (TPSA) is 41.6 Å². The molecule has 0 spiro atoms. The van der Waals surface area contributed by atoms with Crippen LogP contribution in [0.5, 0.6) is 0 Å². The zero-order chi connectivity index (χ0) is 15.1. The number of alkyl carbamates (subject to hydrolysis) is 1. The molecular weight excluding hydrogens is 264 g/mol. The lowest BCUT2D eigenvalue weighted by atomic mass is 10.2. The van der Waals surface area contributed by atoms with Gasteiger partial charge in [0.25, 0.3) is 0 Å². The molecule has 4 nitrogen and oxygen atoms in total. The number of anilines is 2. The van der Waals surface area contributed by atoms with Gasteiger partial charge in [0.15, 0.2) is 0 Å². The summed E-state index contributed by atoms with van der Waals surface area (Å²) in [4.78, 5) is 13.5. The molecule has 2 rings (SSSR count). The number of rotatable bonds is 5. The highest BCUT2D eigenvalue weighted by molar-refractivity contribution is 5.67. The number of benzene rings is 2. The summed E-state index contributed by atoms with van der Waals surface area (Å²) in [6, 6.07) is 20.1. The van der Waals surface area contributed by atoms with Crippen molar-refractivity contribution in [3.8, 4) is 0 Å². The first-order valence-corrected chi connectivity index (χ1v) is 6.96. The van der Waals surface area contributed by atoms with Crippen molar-refractivity contribution >= 4 is 17.5 Å². The molecule has 0 aliphatic heterocycles. The number of para-hydroxylation sites is 2. The van der Waals surface area contributed by atoms with E-state index < -0.39 is 6.09 Å². The lowest BCUT2D eigenvalue weighted by Crippen LogP contribution is -2.33. The highest BCUT2D eigenvalue weighted by Gasteiger charge is 2.15. The number of hydrogen-bond acceptors (Lipinski definition) is 3. The van der Waals surface area contributed by atoms with Gasteiger partial charge in [-0.15, -0.1) is 0 Å². The molecule has 21 heavy (non-hydrogen) atoms. The lowest BCUT2D eigenvalue weighted by molar-refractivity contribution is 0.112. The number of amides is 1. The first kappa shape index (κ1) is 14.9. The smallest absolute Gasteiger partial charge is 0.407 e. The molecule has 0 unspecified atom stereocenters. The predicted octanol–water partition coefficient (Wildman–Crippen LogP) is 3.57. The Balaban J connectivity index is 2.19. The highest BCUT2D eigenvalue weighted by Crippen LogP contribution is 2.25. The zero-order valence-corrected chi connectivity index (χ0v) is 12.3. The number of hydrogen-bond donors (Lipinski definition) is 1. The molecule has 1 N–H and O–H groups in total. The van der Waals surface area contributed by atoms with Crippen LogP contribution in [0.3, 0.4) is 0 Å². The van der Waals surface area contributed by atoms with Crippen molar-refractivity contribution in [2.75, 3.05) is 18.5 Å². The van der Waals surface area contributed by atoms with E-state index in [0.717, 1.165) is 11.4 Å². The van der Waals surface area contributed by atoms with E-state index in [1.807, 2.05) is 67.6 Å². The Hall–Kier alpha value is -2.49. The van der Waals surface area contributed by atoms with E-state index in [-0.39, 0.29) is 6.10 Å². The SMILES string of the molecule is CNC(=O)O[C@H](C)CN(c1ccccc1)c1ccccc1. The Morgan fingerprint density at radius 3 is 1.95 bits per heavy atom. The highest BCUT2D eigenvalue weighted by atomic mass is 16.6. The third-order valence-electron chi connectivity index (χ3n) is 3.09. The van der Waals surface area contributed by atoms with E-state index in [9.17, 15) is 4.79 Å². The van der Waals surface area contributed by atoms with Gasteiger partial charge in [-0.1, -0.05) is 36.4 Å². The van der Waals surface area contributed by atoms with Crippen molar-refractivity contribution in [2.24, 2.45) is 0 Å². The van der Waals surface area contributed by atoms with E-state index in [1.165, 1.54) is 0 Å².